The minimum atomic E-state index is -0.102. The molecule has 2 aromatic heterocycles. The number of rotatable bonds is 3. The quantitative estimate of drug-likeness (QED) is 0.205. The van der Waals surface area contributed by atoms with Crippen LogP contribution in [-0.2, 0) is 5.41 Å². The van der Waals surface area contributed by atoms with Gasteiger partial charge >= 0.3 is 0 Å². The first kappa shape index (κ1) is 25.5. The summed E-state index contributed by atoms with van der Waals surface area (Å²) < 4.78 is 12.4. The minimum absolute atomic E-state index is 0.102. The Hall–Kier alpha value is -5.80. The van der Waals surface area contributed by atoms with Crippen molar-refractivity contribution in [3.8, 4) is 11.1 Å². The van der Waals surface area contributed by atoms with E-state index in [-0.39, 0.29) is 5.41 Å². The fraction of sp³-hybridized carbons (Fsp3) is 0.0698. The summed E-state index contributed by atoms with van der Waals surface area (Å²) in [5.41, 5.74) is 12.2. The summed E-state index contributed by atoms with van der Waals surface area (Å²) >= 11 is 0. The lowest BCUT2D eigenvalue weighted by molar-refractivity contribution is 0.660. The normalized spacial score (nSPS) is 13.6. The van der Waals surface area contributed by atoms with Crippen LogP contribution in [0.3, 0.4) is 0 Å². The zero-order valence-corrected chi connectivity index (χ0v) is 25.5. The third-order valence-corrected chi connectivity index (χ3v) is 10.0. The zero-order valence-electron chi connectivity index (χ0n) is 25.5. The number of benzene rings is 7. The summed E-state index contributed by atoms with van der Waals surface area (Å²) in [6.07, 6.45) is 0. The molecule has 10 rings (SSSR count). The van der Waals surface area contributed by atoms with Crippen LogP contribution in [0.25, 0.3) is 65.8 Å². The molecule has 9 aromatic rings. The fourth-order valence-electron chi connectivity index (χ4n) is 7.81. The summed E-state index contributed by atoms with van der Waals surface area (Å²) in [6, 6.07) is 50.0. The Morgan fingerprint density at radius 2 is 1.04 bits per heavy atom. The first-order chi connectivity index (χ1) is 22.5. The van der Waals surface area contributed by atoms with E-state index in [4.69, 9.17) is 8.83 Å². The maximum absolute atomic E-state index is 6.22. The van der Waals surface area contributed by atoms with Crippen LogP contribution >= 0.6 is 0 Å². The molecule has 46 heavy (non-hydrogen) atoms. The number of fused-ring (bicyclic) bond motifs is 11. The number of hydrogen-bond acceptors (Lipinski definition) is 3. The predicted molar refractivity (Wildman–Crippen MR) is 191 cm³/mol. The van der Waals surface area contributed by atoms with Crippen LogP contribution in [0.15, 0.2) is 148 Å². The van der Waals surface area contributed by atoms with Crippen LogP contribution in [0.4, 0.5) is 17.1 Å². The Morgan fingerprint density at radius 3 is 1.93 bits per heavy atom. The van der Waals surface area contributed by atoms with Crippen LogP contribution in [0, 0.1) is 0 Å². The molecule has 0 bridgehead atoms. The molecule has 0 saturated heterocycles. The maximum atomic E-state index is 6.22. The van der Waals surface area contributed by atoms with Crippen LogP contribution in [-0.4, -0.2) is 0 Å². The highest BCUT2D eigenvalue weighted by Gasteiger charge is 2.35. The summed E-state index contributed by atoms with van der Waals surface area (Å²) in [7, 11) is 0. The van der Waals surface area contributed by atoms with E-state index in [1.54, 1.807) is 0 Å². The molecule has 0 aliphatic heterocycles. The van der Waals surface area contributed by atoms with E-state index in [0.29, 0.717) is 0 Å². The van der Waals surface area contributed by atoms with Crippen molar-refractivity contribution < 1.29 is 8.83 Å². The topological polar surface area (TPSA) is 29.5 Å². The standard InChI is InChI=1S/C43H29NO2/c1-43(2)36-12-6-3-9-31(36)32-20-17-29(25-37(32)43)44(28-18-22-40-35(24-28)33-10-4-7-13-38(33)45-40)27-16-19-30-26(23-27)15-21-41-42(30)34-11-5-8-14-39(34)46-41/h3-25H,1-2H3. The lowest BCUT2D eigenvalue weighted by Crippen LogP contribution is -2.16. The van der Waals surface area contributed by atoms with E-state index in [0.717, 1.165) is 60.9 Å². The Balaban J connectivity index is 1.21. The molecule has 0 saturated carbocycles. The molecule has 0 unspecified atom stereocenters. The van der Waals surface area contributed by atoms with Crippen LogP contribution < -0.4 is 4.90 Å². The van der Waals surface area contributed by atoms with Crippen LogP contribution in [0.2, 0.25) is 0 Å². The van der Waals surface area contributed by atoms with E-state index in [9.17, 15) is 0 Å². The molecule has 0 amide bonds. The second kappa shape index (κ2) is 9.12. The lowest BCUT2D eigenvalue weighted by Gasteiger charge is -2.28. The van der Waals surface area contributed by atoms with Crippen molar-refractivity contribution in [3.63, 3.8) is 0 Å². The van der Waals surface area contributed by atoms with Crippen molar-refractivity contribution in [1.82, 2.24) is 0 Å². The Bertz CT molecular complexity index is 2690. The molecule has 0 N–H and O–H groups in total. The highest BCUT2D eigenvalue weighted by Crippen LogP contribution is 2.51. The second-order valence-corrected chi connectivity index (χ2v) is 13.0. The highest BCUT2D eigenvalue weighted by molar-refractivity contribution is 6.19. The first-order valence-corrected chi connectivity index (χ1v) is 15.8. The van der Waals surface area contributed by atoms with Gasteiger partial charge in [-0.1, -0.05) is 92.7 Å². The van der Waals surface area contributed by atoms with Gasteiger partial charge in [0.2, 0.25) is 0 Å². The SMILES string of the molecule is CC1(C)c2ccccc2-c2ccc(N(c3ccc4c(ccc5oc6ccccc6c54)c3)c3ccc4oc5ccccc5c4c3)cc21. The molecule has 0 spiro atoms. The molecular formula is C43H29NO2. The largest absolute Gasteiger partial charge is 0.456 e. The average Bonchev–Trinajstić information content (AvgIpc) is 3.73. The summed E-state index contributed by atoms with van der Waals surface area (Å²) in [4.78, 5) is 2.39. The number of nitrogens with zero attached hydrogens (tertiary/aromatic N) is 1. The van der Waals surface area contributed by atoms with Gasteiger partial charge < -0.3 is 13.7 Å². The minimum Gasteiger partial charge on any atom is -0.456 e. The van der Waals surface area contributed by atoms with Gasteiger partial charge in [-0.25, -0.2) is 0 Å². The summed E-state index contributed by atoms with van der Waals surface area (Å²) in [6.45, 7) is 4.68. The summed E-state index contributed by atoms with van der Waals surface area (Å²) in [5.74, 6) is 0. The molecule has 3 heteroatoms. The fourth-order valence-corrected chi connectivity index (χ4v) is 7.81. The second-order valence-electron chi connectivity index (χ2n) is 13.0. The van der Waals surface area contributed by atoms with Gasteiger partial charge in [0.25, 0.3) is 0 Å². The third kappa shape index (κ3) is 3.48. The molecule has 7 aromatic carbocycles. The Morgan fingerprint density at radius 1 is 0.435 bits per heavy atom. The van der Waals surface area contributed by atoms with Crippen molar-refractivity contribution in [2.45, 2.75) is 19.3 Å². The van der Waals surface area contributed by atoms with Crippen molar-refractivity contribution in [2.75, 3.05) is 4.90 Å². The number of para-hydroxylation sites is 2. The Kier molecular flexibility index (Phi) is 5.06. The van der Waals surface area contributed by atoms with Gasteiger partial charge in [0.15, 0.2) is 0 Å². The maximum Gasteiger partial charge on any atom is 0.136 e. The third-order valence-electron chi connectivity index (χ3n) is 10.0. The average molecular weight is 592 g/mol. The van der Waals surface area contributed by atoms with Gasteiger partial charge in [-0.05, 0) is 93.7 Å². The smallest absolute Gasteiger partial charge is 0.136 e. The Labute approximate surface area is 265 Å². The number of anilines is 3. The van der Waals surface area contributed by atoms with Crippen molar-refractivity contribution in [2.24, 2.45) is 0 Å². The number of hydrogen-bond donors (Lipinski definition) is 0. The van der Waals surface area contributed by atoms with Crippen molar-refractivity contribution in [1.29, 1.82) is 0 Å². The highest BCUT2D eigenvalue weighted by atomic mass is 16.3. The van der Waals surface area contributed by atoms with Crippen molar-refractivity contribution in [3.05, 3.63) is 151 Å². The molecule has 218 valence electrons. The predicted octanol–water partition coefficient (Wildman–Crippen LogP) is 12.4. The molecular weight excluding hydrogens is 562 g/mol. The van der Waals surface area contributed by atoms with Gasteiger partial charge in [0.1, 0.15) is 22.3 Å². The molecule has 1 aliphatic rings. The molecule has 1 aliphatic carbocycles. The van der Waals surface area contributed by atoms with E-state index < -0.39 is 0 Å². The van der Waals surface area contributed by atoms with Gasteiger partial charge in [-0.3, -0.25) is 0 Å². The van der Waals surface area contributed by atoms with E-state index in [2.05, 4.69) is 134 Å². The lowest BCUT2D eigenvalue weighted by atomic mass is 9.82. The zero-order chi connectivity index (χ0) is 30.6. The van der Waals surface area contributed by atoms with Gasteiger partial charge in [-0.15, -0.1) is 0 Å². The molecule has 0 fully saturated rings. The molecule has 0 atom stereocenters. The molecule has 0 radical (unpaired) electrons. The number of furan rings is 2. The molecule has 3 nitrogen and oxygen atoms in total. The summed E-state index contributed by atoms with van der Waals surface area (Å²) in [5, 5.41) is 6.90. The van der Waals surface area contributed by atoms with E-state index in [1.165, 1.54) is 33.0 Å². The van der Waals surface area contributed by atoms with Crippen molar-refractivity contribution >= 4 is 71.7 Å². The molecule has 2 heterocycles. The monoisotopic (exact) mass is 591 g/mol. The van der Waals surface area contributed by atoms with Crippen LogP contribution in [0.5, 0.6) is 0 Å². The van der Waals surface area contributed by atoms with E-state index >= 15 is 0 Å². The first-order valence-electron chi connectivity index (χ1n) is 15.8. The van der Waals surface area contributed by atoms with Gasteiger partial charge in [-0.2, -0.15) is 0 Å². The van der Waals surface area contributed by atoms with E-state index in [1.807, 2.05) is 24.3 Å². The van der Waals surface area contributed by atoms with Gasteiger partial charge in [0.05, 0.1) is 0 Å². The van der Waals surface area contributed by atoms with Crippen LogP contribution in [0.1, 0.15) is 25.0 Å². The van der Waals surface area contributed by atoms with Gasteiger partial charge in [0, 0.05) is 44.0 Å².